The summed E-state index contributed by atoms with van der Waals surface area (Å²) in [5.41, 5.74) is 3.49. The minimum Gasteiger partial charge on any atom is -0.371 e. The molecule has 98 valence electrons. The molecule has 2 nitrogen and oxygen atoms in total. The second-order valence-electron chi connectivity index (χ2n) is 6.24. The van der Waals surface area contributed by atoms with E-state index >= 15 is 0 Å². The summed E-state index contributed by atoms with van der Waals surface area (Å²) in [6.07, 6.45) is 5.23. The van der Waals surface area contributed by atoms with Gasteiger partial charge in [-0.15, -0.1) is 0 Å². The van der Waals surface area contributed by atoms with Crippen LogP contribution in [0.25, 0.3) is 0 Å². The Morgan fingerprint density at radius 3 is 3.00 bits per heavy atom. The second-order valence-corrected chi connectivity index (χ2v) is 6.24. The topological polar surface area (TPSA) is 15.3 Å². The first kappa shape index (κ1) is 12.0. The van der Waals surface area contributed by atoms with Crippen LogP contribution in [0.1, 0.15) is 31.7 Å². The summed E-state index contributed by atoms with van der Waals surface area (Å²) in [6.45, 7) is 7.22. The van der Waals surface area contributed by atoms with E-state index in [2.05, 4.69) is 41.4 Å². The predicted octanol–water partition coefficient (Wildman–Crippen LogP) is 2.83. The van der Waals surface area contributed by atoms with E-state index in [0.717, 1.165) is 0 Å². The molecule has 0 radical (unpaired) electrons. The fourth-order valence-electron chi connectivity index (χ4n) is 3.40. The molecule has 0 spiro atoms. The highest BCUT2D eigenvalue weighted by molar-refractivity contribution is 5.54. The third-order valence-electron chi connectivity index (χ3n) is 4.49. The summed E-state index contributed by atoms with van der Waals surface area (Å²) < 4.78 is 0. The van der Waals surface area contributed by atoms with Crippen molar-refractivity contribution < 1.29 is 0 Å². The summed E-state index contributed by atoms with van der Waals surface area (Å²) >= 11 is 0. The van der Waals surface area contributed by atoms with Crippen molar-refractivity contribution in [1.82, 2.24) is 5.32 Å². The Morgan fingerprint density at radius 2 is 2.17 bits per heavy atom. The maximum Gasteiger partial charge on any atom is 0.0398 e. The Bertz CT molecular complexity index is 407. The van der Waals surface area contributed by atoms with E-state index in [1.165, 1.54) is 57.5 Å². The number of hydrogen-bond donors (Lipinski definition) is 1. The van der Waals surface area contributed by atoms with Gasteiger partial charge in [0.05, 0.1) is 0 Å². The minimum absolute atomic E-state index is 0.456. The van der Waals surface area contributed by atoms with Crippen molar-refractivity contribution in [3.8, 4) is 0 Å². The van der Waals surface area contributed by atoms with Crippen LogP contribution in [0.4, 0.5) is 5.69 Å². The lowest BCUT2D eigenvalue weighted by Gasteiger charge is -2.33. The number of anilines is 1. The Balaban J connectivity index is 1.83. The van der Waals surface area contributed by atoms with E-state index in [1.54, 1.807) is 5.56 Å². The van der Waals surface area contributed by atoms with Crippen LogP contribution >= 0.6 is 0 Å². The zero-order valence-electron chi connectivity index (χ0n) is 11.4. The van der Waals surface area contributed by atoms with Crippen LogP contribution in [0, 0.1) is 5.41 Å². The fraction of sp³-hybridized carbons (Fsp3) is 0.625. The number of rotatable bonds is 2. The van der Waals surface area contributed by atoms with Gasteiger partial charge in [0.25, 0.3) is 0 Å². The molecule has 18 heavy (non-hydrogen) atoms. The maximum absolute atomic E-state index is 3.52. The van der Waals surface area contributed by atoms with Gasteiger partial charge in [0.2, 0.25) is 0 Å². The molecule has 0 bridgehead atoms. The smallest absolute Gasteiger partial charge is 0.0398 e. The lowest BCUT2D eigenvalue weighted by Crippen LogP contribution is -2.38. The molecule has 1 unspecified atom stereocenters. The van der Waals surface area contributed by atoms with Gasteiger partial charge in [0, 0.05) is 25.3 Å². The normalized spacial score (nSPS) is 27.9. The molecule has 2 aliphatic heterocycles. The molecular formula is C16H24N2. The van der Waals surface area contributed by atoms with E-state index in [1.807, 2.05) is 0 Å². The number of benzene rings is 1. The van der Waals surface area contributed by atoms with Crippen molar-refractivity contribution in [3.63, 3.8) is 0 Å². The monoisotopic (exact) mass is 244 g/mol. The van der Waals surface area contributed by atoms with Crippen molar-refractivity contribution in [3.05, 3.63) is 29.8 Å². The summed E-state index contributed by atoms with van der Waals surface area (Å²) in [5, 5.41) is 3.52. The number of aryl methyl sites for hydroxylation is 1. The third kappa shape index (κ3) is 2.39. The molecule has 0 aromatic heterocycles. The molecule has 2 heterocycles. The molecule has 2 heteroatoms. The van der Waals surface area contributed by atoms with Gasteiger partial charge in [-0.2, -0.15) is 0 Å². The summed E-state index contributed by atoms with van der Waals surface area (Å²) in [7, 11) is 0. The minimum atomic E-state index is 0.456. The molecule has 1 N–H and O–H groups in total. The van der Waals surface area contributed by atoms with Crippen molar-refractivity contribution in [2.45, 2.75) is 32.6 Å². The molecule has 0 amide bonds. The number of fused-ring (bicyclic) bond motifs is 1. The van der Waals surface area contributed by atoms with E-state index in [-0.39, 0.29) is 0 Å². The lowest BCUT2D eigenvalue weighted by atomic mass is 9.89. The fourth-order valence-corrected chi connectivity index (χ4v) is 3.40. The molecule has 0 saturated carbocycles. The largest absolute Gasteiger partial charge is 0.371 e. The molecule has 1 saturated heterocycles. The van der Waals surface area contributed by atoms with Crippen molar-refractivity contribution in [2.75, 3.05) is 31.1 Å². The summed E-state index contributed by atoms with van der Waals surface area (Å²) in [6, 6.07) is 8.99. The number of para-hydroxylation sites is 1. The van der Waals surface area contributed by atoms with Gasteiger partial charge >= 0.3 is 0 Å². The van der Waals surface area contributed by atoms with Gasteiger partial charge < -0.3 is 10.2 Å². The van der Waals surface area contributed by atoms with Gasteiger partial charge in [-0.3, -0.25) is 0 Å². The predicted molar refractivity (Wildman–Crippen MR) is 77.2 cm³/mol. The second kappa shape index (κ2) is 4.93. The highest BCUT2D eigenvalue weighted by atomic mass is 15.1. The quantitative estimate of drug-likeness (QED) is 0.860. The average Bonchev–Trinajstić information content (AvgIpc) is 2.70. The zero-order valence-corrected chi connectivity index (χ0v) is 11.4. The first-order valence-corrected chi connectivity index (χ1v) is 7.30. The lowest BCUT2D eigenvalue weighted by molar-refractivity contribution is 0.364. The Morgan fingerprint density at radius 1 is 1.28 bits per heavy atom. The summed E-state index contributed by atoms with van der Waals surface area (Å²) in [4.78, 5) is 2.63. The van der Waals surface area contributed by atoms with Gasteiger partial charge in [-0.05, 0) is 49.3 Å². The molecule has 2 aliphatic rings. The highest BCUT2D eigenvalue weighted by Crippen LogP contribution is 2.32. The van der Waals surface area contributed by atoms with Crippen LogP contribution in [0.15, 0.2) is 24.3 Å². The number of hydrogen-bond acceptors (Lipinski definition) is 2. The van der Waals surface area contributed by atoms with E-state index < -0.39 is 0 Å². The SMILES string of the molecule is CC1(CN2CCCCc3ccccc32)CCNC1. The van der Waals surface area contributed by atoms with Crippen LogP contribution in [0.5, 0.6) is 0 Å². The Kier molecular flexibility index (Phi) is 3.29. The first-order chi connectivity index (χ1) is 8.77. The third-order valence-corrected chi connectivity index (χ3v) is 4.49. The molecular weight excluding hydrogens is 220 g/mol. The Labute approximate surface area is 110 Å². The Hall–Kier alpha value is -1.02. The number of nitrogens with zero attached hydrogens (tertiary/aromatic N) is 1. The van der Waals surface area contributed by atoms with Crippen LogP contribution in [0.2, 0.25) is 0 Å². The number of nitrogens with one attached hydrogen (secondary N) is 1. The molecule has 1 atom stereocenters. The van der Waals surface area contributed by atoms with E-state index in [0.29, 0.717) is 5.41 Å². The van der Waals surface area contributed by atoms with Gasteiger partial charge in [-0.25, -0.2) is 0 Å². The summed E-state index contributed by atoms with van der Waals surface area (Å²) in [5.74, 6) is 0. The standard InChI is InChI=1S/C16H24N2/c1-16(9-10-17-12-16)13-18-11-5-4-7-14-6-2-3-8-15(14)18/h2-3,6,8,17H,4-5,7,9-13H2,1H3. The maximum atomic E-state index is 3.52. The van der Waals surface area contributed by atoms with E-state index in [9.17, 15) is 0 Å². The highest BCUT2D eigenvalue weighted by Gasteiger charge is 2.31. The van der Waals surface area contributed by atoms with Crippen molar-refractivity contribution >= 4 is 5.69 Å². The molecule has 1 aromatic rings. The van der Waals surface area contributed by atoms with Crippen LogP contribution < -0.4 is 10.2 Å². The average molecular weight is 244 g/mol. The van der Waals surface area contributed by atoms with E-state index in [4.69, 9.17) is 0 Å². The van der Waals surface area contributed by atoms with Crippen molar-refractivity contribution in [2.24, 2.45) is 5.41 Å². The van der Waals surface area contributed by atoms with Crippen LogP contribution in [0.3, 0.4) is 0 Å². The molecule has 0 aliphatic carbocycles. The van der Waals surface area contributed by atoms with Gasteiger partial charge in [-0.1, -0.05) is 25.1 Å². The first-order valence-electron chi connectivity index (χ1n) is 7.30. The van der Waals surface area contributed by atoms with Gasteiger partial charge in [0.15, 0.2) is 0 Å². The zero-order chi connectivity index (χ0) is 12.4. The molecule has 1 aromatic carbocycles. The van der Waals surface area contributed by atoms with Crippen LogP contribution in [-0.4, -0.2) is 26.2 Å². The van der Waals surface area contributed by atoms with Crippen LogP contribution in [-0.2, 0) is 6.42 Å². The molecule has 3 rings (SSSR count). The van der Waals surface area contributed by atoms with Gasteiger partial charge in [0.1, 0.15) is 0 Å². The molecule has 1 fully saturated rings. The van der Waals surface area contributed by atoms with Crippen molar-refractivity contribution in [1.29, 1.82) is 0 Å².